The molecule has 1 saturated carbocycles. The highest BCUT2D eigenvalue weighted by atomic mass is 16.2. The van der Waals surface area contributed by atoms with E-state index in [1.807, 2.05) is 13.8 Å². The summed E-state index contributed by atoms with van der Waals surface area (Å²) < 4.78 is 0. The first-order chi connectivity index (χ1) is 9.04. The molecule has 1 amide bonds. The molecule has 0 radical (unpaired) electrons. The minimum Gasteiger partial charge on any atom is -0.353 e. The largest absolute Gasteiger partial charge is 0.353 e. The maximum absolute atomic E-state index is 12.1. The van der Waals surface area contributed by atoms with Gasteiger partial charge in [0.05, 0.1) is 0 Å². The maximum atomic E-state index is 12.1. The third-order valence-corrected chi connectivity index (χ3v) is 3.68. The van der Waals surface area contributed by atoms with E-state index in [0.717, 1.165) is 16.7 Å². The van der Waals surface area contributed by atoms with Crippen LogP contribution in [-0.4, -0.2) is 17.9 Å². The summed E-state index contributed by atoms with van der Waals surface area (Å²) in [6.45, 7) is 6.16. The number of aryl methyl sites for hydroxylation is 3. The van der Waals surface area contributed by atoms with E-state index in [9.17, 15) is 4.79 Å². The Balaban J connectivity index is 1.92. The van der Waals surface area contributed by atoms with Gasteiger partial charge in [-0.25, -0.2) is 4.99 Å². The Morgan fingerprint density at radius 2 is 1.84 bits per heavy atom. The molecule has 0 saturated heterocycles. The monoisotopic (exact) mass is 257 g/mol. The van der Waals surface area contributed by atoms with Crippen LogP contribution < -0.4 is 10.6 Å². The van der Waals surface area contributed by atoms with E-state index in [0.29, 0.717) is 12.0 Å². The lowest BCUT2D eigenvalue weighted by Crippen LogP contribution is -2.37. The number of hydrogen-bond acceptors (Lipinski definition) is 3. The fourth-order valence-corrected chi connectivity index (χ4v) is 2.72. The molecular formula is C15H19N3O. The zero-order valence-electron chi connectivity index (χ0n) is 11.6. The predicted molar refractivity (Wildman–Crippen MR) is 75.1 cm³/mol. The first-order valence-electron chi connectivity index (χ1n) is 6.77. The molecule has 3 rings (SSSR count). The fraction of sp³-hybridized carbons (Fsp3) is 0.467. The van der Waals surface area contributed by atoms with Crippen molar-refractivity contribution in [2.24, 2.45) is 4.99 Å². The van der Waals surface area contributed by atoms with Crippen molar-refractivity contribution in [2.45, 2.75) is 45.7 Å². The van der Waals surface area contributed by atoms with E-state index in [-0.39, 0.29) is 5.91 Å². The minimum absolute atomic E-state index is 0.0294. The first-order valence-corrected chi connectivity index (χ1v) is 6.77. The Bertz CT molecular complexity index is 550. The summed E-state index contributed by atoms with van der Waals surface area (Å²) in [5, 5.41) is 6.09. The van der Waals surface area contributed by atoms with Crippen LogP contribution >= 0.6 is 0 Å². The molecule has 4 heteroatoms. The quantitative estimate of drug-likeness (QED) is 0.850. The second kappa shape index (κ2) is 4.37. The summed E-state index contributed by atoms with van der Waals surface area (Å²) in [4.78, 5) is 16.6. The van der Waals surface area contributed by atoms with E-state index in [1.165, 1.54) is 18.4 Å². The molecule has 1 unspecified atom stereocenters. The molecule has 1 aliphatic heterocycles. The van der Waals surface area contributed by atoms with Crippen molar-refractivity contribution in [1.29, 1.82) is 0 Å². The molecule has 2 N–H and O–H groups in total. The van der Waals surface area contributed by atoms with Crippen LogP contribution in [-0.2, 0) is 4.79 Å². The van der Waals surface area contributed by atoms with E-state index in [4.69, 9.17) is 0 Å². The predicted octanol–water partition coefficient (Wildman–Crippen LogP) is 1.89. The Hall–Kier alpha value is -1.84. The topological polar surface area (TPSA) is 53.5 Å². The average molecular weight is 257 g/mol. The summed E-state index contributed by atoms with van der Waals surface area (Å²) in [6, 6.07) is 4.31. The van der Waals surface area contributed by atoms with Gasteiger partial charge in [0, 0.05) is 6.04 Å². The SMILES string of the molecule is Cc1cc(C)c(C2N=C(NC3CC3)NC2=O)c(C)c1. The van der Waals surface area contributed by atoms with Gasteiger partial charge in [0.25, 0.3) is 5.91 Å². The molecule has 4 nitrogen and oxygen atoms in total. The van der Waals surface area contributed by atoms with Crippen molar-refractivity contribution >= 4 is 11.9 Å². The third-order valence-electron chi connectivity index (χ3n) is 3.68. The highest BCUT2D eigenvalue weighted by Gasteiger charge is 2.32. The molecule has 2 aliphatic rings. The third kappa shape index (κ3) is 2.35. The molecule has 1 aliphatic carbocycles. The molecule has 0 spiro atoms. The average Bonchev–Trinajstić information content (AvgIpc) is 3.03. The minimum atomic E-state index is -0.401. The lowest BCUT2D eigenvalue weighted by atomic mass is 9.94. The molecule has 1 fully saturated rings. The van der Waals surface area contributed by atoms with E-state index >= 15 is 0 Å². The van der Waals surface area contributed by atoms with Gasteiger partial charge in [-0.15, -0.1) is 0 Å². The van der Waals surface area contributed by atoms with Crippen LogP contribution in [0.2, 0.25) is 0 Å². The van der Waals surface area contributed by atoms with E-state index in [2.05, 4.69) is 34.7 Å². The molecule has 100 valence electrons. The normalized spacial score (nSPS) is 22.2. The summed E-state index contributed by atoms with van der Waals surface area (Å²) >= 11 is 0. The van der Waals surface area contributed by atoms with Gasteiger partial charge in [0.15, 0.2) is 12.0 Å². The molecular weight excluding hydrogens is 238 g/mol. The summed E-state index contributed by atoms with van der Waals surface area (Å²) in [5.41, 5.74) is 4.52. The number of nitrogens with zero attached hydrogens (tertiary/aromatic N) is 1. The fourth-order valence-electron chi connectivity index (χ4n) is 2.72. The number of amides is 1. The molecule has 1 heterocycles. The van der Waals surface area contributed by atoms with Crippen LogP contribution in [0.15, 0.2) is 17.1 Å². The Kier molecular flexibility index (Phi) is 2.81. The van der Waals surface area contributed by atoms with Crippen LogP contribution in [0.3, 0.4) is 0 Å². The van der Waals surface area contributed by atoms with Gasteiger partial charge in [0.1, 0.15) is 0 Å². The smallest absolute Gasteiger partial charge is 0.256 e. The molecule has 1 aromatic carbocycles. The van der Waals surface area contributed by atoms with Crippen LogP contribution in [0, 0.1) is 20.8 Å². The Morgan fingerprint density at radius 3 is 2.42 bits per heavy atom. The van der Waals surface area contributed by atoms with E-state index < -0.39 is 6.04 Å². The number of hydrogen-bond donors (Lipinski definition) is 2. The van der Waals surface area contributed by atoms with Crippen LogP contribution in [0.5, 0.6) is 0 Å². The summed E-state index contributed by atoms with van der Waals surface area (Å²) in [6.07, 6.45) is 2.34. The lowest BCUT2D eigenvalue weighted by Gasteiger charge is -2.13. The standard InChI is InChI=1S/C15H19N3O/c1-8-6-9(2)12(10(3)7-8)13-14(19)18-15(17-13)16-11-4-5-11/h6-7,11,13H,4-5H2,1-3H3,(H2,16,17,18,19). The number of aliphatic imine (C=N–C) groups is 1. The van der Waals surface area contributed by atoms with Gasteiger partial charge in [-0.1, -0.05) is 17.7 Å². The number of benzene rings is 1. The molecule has 19 heavy (non-hydrogen) atoms. The number of nitrogens with one attached hydrogen (secondary N) is 2. The van der Waals surface area contributed by atoms with Crippen molar-refractivity contribution in [1.82, 2.24) is 10.6 Å². The Labute approximate surface area is 113 Å². The molecule has 1 atom stereocenters. The van der Waals surface area contributed by atoms with Crippen molar-refractivity contribution in [3.05, 3.63) is 34.4 Å². The molecule has 0 bridgehead atoms. The zero-order chi connectivity index (χ0) is 13.6. The number of carbonyl (C=O) groups excluding carboxylic acids is 1. The number of carbonyl (C=O) groups is 1. The number of rotatable bonds is 2. The summed E-state index contributed by atoms with van der Waals surface area (Å²) in [7, 11) is 0. The maximum Gasteiger partial charge on any atom is 0.256 e. The summed E-state index contributed by atoms with van der Waals surface area (Å²) in [5.74, 6) is 0.607. The van der Waals surface area contributed by atoms with Gasteiger partial charge in [-0.2, -0.15) is 0 Å². The zero-order valence-corrected chi connectivity index (χ0v) is 11.6. The molecule has 1 aromatic rings. The van der Waals surface area contributed by atoms with Crippen molar-refractivity contribution in [2.75, 3.05) is 0 Å². The van der Waals surface area contributed by atoms with Gasteiger partial charge in [-0.3, -0.25) is 10.1 Å². The van der Waals surface area contributed by atoms with Crippen molar-refractivity contribution in [3.63, 3.8) is 0 Å². The lowest BCUT2D eigenvalue weighted by molar-refractivity contribution is -0.120. The molecule has 0 aromatic heterocycles. The number of guanidine groups is 1. The van der Waals surface area contributed by atoms with Gasteiger partial charge in [-0.05, 0) is 50.3 Å². The second-order valence-corrected chi connectivity index (χ2v) is 5.60. The van der Waals surface area contributed by atoms with Crippen LogP contribution in [0.1, 0.15) is 41.1 Å². The van der Waals surface area contributed by atoms with Crippen molar-refractivity contribution < 1.29 is 4.79 Å². The van der Waals surface area contributed by atoms with E-state index in [1.54, 1.807) is 0 Å². The highest BCUT2D eigenvalue weighted by molar-refractivity contribution is 6.05. The van der Waals surface area contributed by atoms with Gasteiger partial charge in [0.2, 0.25) is 0 Å². The Morgan fingerprint density at radius 1 is 1.21 bits per heavy atom. The van der Waals surface area contributed by atoms with Gasteiger partial charge >= 0.3 is 0 Å². The van der Waals surface area contributed by atoms with Crippen molar-refractivity contribution in [3.8, 4) is 0 Å². The second-order valence-electron chi connectivity index (χ2n) is 5.60. The first kappa shape index (κ1) is 12.2. The van der Waals surface area contributed by atoms with Gasteiger partial charge < -0.3 is 5.32 Å². The van der Waals surface area contributed by atoms with Crippen LogP contribution in [0.25, 0.3) is 0 Å². The van der Waals surface area contributed by atoms with Crippen LogP contribution in [0.4, 0.5) is 0 Å². The highest BCUT2D eigenvalue weighted by Crippen LogP contribution is 2.29.